The molecule has 0 aliphatic rings. The predicted molar refractivity (Wildman–Crippen MR) is 43.6 cm³/mol. The van der Waals surface area contributed by atoms with Crippen LogP contribution < -0.4 is 4.74 Å². The van der Waals surface area contributed by atoms with Crippen LogP contribution in [0, 0.1) is 0 Å². The SMILES string of the molecule is CC(C)(C)c1cc(=O)s[nH]1. The van der Waals surface area contributed by atoms with Crippen LogP contribution in [-0.4, -0.2) is 4.37 Å². The van der Waals surface area contributed by atoms with E-state index in [2.05, 4.69) is 25.1 Å². The fourth-order valence-corrected chi connectivity index (χ4v) is 1.40. The van der Waals surface area contributed by atoms with E-state index < -0.39 is 0 Å². The monoisotopic (exact) mass is 157 g/mol. The summed E-state index contributed by atoms with van der Waals surface area (Å²) < 4.78 is 3.08. The van der Waals surface area contributed by atoms with Crippen LogP contribution in [0.25, 0.3) is 0 Å². The third-order valence-corrected chi connectivity index (χ3v) is 1.97. The molecule has 2 nitrogen and oxygen atoms in total. The Hall–Kier alpha value is -0.570. The van der Waals surface area contributed by atoms with Gasteiger partial charge in [0.15, 0.2) is 0 Å². The van der Waals surface area contributed by atoms with E-state index in [4.69, 9.17) is 0 Å². The summed E-state index contributed by atoms with van der Waals surface area (Å²) in [7, 11) is 0. The molecule has 0 spiro atoms. The number of aromatic amines is 1. The normalized spacial score (nSPS) is 11.9. The lowest BCUT2D eigenvalue weighted by Crippen LogP contribution is -2.11. The van der Waals surface area contributed by atoms with Crippen LogP contribution in [0.15, 0.2) is 10.9 Å². The van der Waals surface area contributed by atoms with E-state index >= 15 is 0 Å². The van der Waals surface area contributed by atoms with Crippen molar-refractivity contribution in [3.8, 4) is 0 Å². The summed E-state index contributed by atoms with van der Waals surface area (Å²) in [6.45, 7) is 6.22. The van der Waals surface area contributed by atoms with Gasteiger partial charge < -0.3 is 4.37 Å². The first-order valence-electron chi connectivity index (χ1n) is 3.19. The summed E-state index contributed by atoms with van der Waals surface area (Å²) in [6, 6.07) is 1.66. The molecule has 10 heavy (non-hydrogen) atoms. The summed E-state index contributed by atoms with van der Waals surface area (Å²) >= 11 is 1.15. The van der Waals surface area contributed by atoms with E-state index in [1.165, 1.54) is 0 Å². The van der Waals surface area contributed by atoms with Crippen LogP contribution in [0.3, 0.4) is 0 Å². The van der Waals surface area contributed by atoms with Gasteiger partial charge >= 0.3 is 0 Å². The van der Waals surface area contributed by atoms with E-state index in [0.717, 1.165) is 17.2 Å². The first kappa shape index (κ1) is 7.54. The van der Waals surface area contributed by atoms with Crippen molar-refractivity contribution in [1.82, 2.24) is 4.37 Å². The lowest BCUT2D eigenvalue weighted by Gasteiger charge is -2.14. The Balaban J connectivity index is 3.07. The lowest BCUT2D eigenvalue weighted by molar-refractivity contribution is 0.575. The molecule has 0 bridgehead atoms. The Bertz CT molecular complexity index is 266. The summed E-state index contributed by atoms with van der Waals surface area (Å²) in [4.78, 5) is 10.7. The molecule has 56 valence electrons. The van der Waals surface area contributed by atoms with Gasteiger partial charge in [0.25, 0.3) is 0 Å². The van der Waals surface area contributed by atoms with Gasteiger partial charge in [-0.2, -0.15) is 0 Å². The van der Waals surface area contributed by atoms with Crippen LogP contribution in [0.1, 0.15) is 26.5 Å². The van der Waals surface area contributed by atoms with Crippen molar-refractivity contribution in [3.63, 3.8) is 0 Å². The molecule has 1 heterocycles. The molecular formula is C7H11NOS. The van der Waals surface area contributed by atoms with Crippen molar-refractivity contribution < 1.29 is 0 Å². The van der Waals surface area contributed by atoms with Gasteiger partial charge in [-0.1, -0.05) is 20.8 Å². The molecule has 0 radical (unpaired) electrons. The Morgan fingerprint density at radius 1 is 1.50 bits per heavy atom. The molecule has 1 rings (SSSR count). The maximum Gasteiger partial charge on any atom is 0.249 e. The first-order valence-corrected chi connectivity index (χ1v) is 4.01. The number of hydrogen-bond acceptors (Lipinski definition) is 2. The van der Waals surface area contributed by atoms with Crippen LogP contribution >= 0.6 is 11.5 Å². The largest absolute Gasteiger partial charge is 0.311 e. The smallest absolute Gasteiger partial charge is 0.249 e. The maximum atomic E-state index is 10.7. The van der Waals surface area contributed by atoms with E-state index in [9.17, 15) is 4.79 Å². The second-order valence-corrected chi connectivity index (χ2v) is 4.14. The summed E-state index contributed by atoms with van der Waals surface area (Å²) in [5.41, 5.74) is 1.08. The molecule has 3 heteroatoms. The third kappa shape index (κ3) is 1.48. The molecule has 0 fully saturated rings. The number of hydrogen-bond donors (Lipinski definition) is 1. The van der Waals surface area contributed by atoms with Gasteiger partial charge in [-0.25, -0.2) is 0 Å². The van der Waals surface area contributed by atoms with Gasteiger partial charge in [-0.15, -0.1) is 0 Å². The highest BCUT2D eigenvalue weighted by Gasteiger charge is 2.15. The number of rotatable bonds is 0. The van der Waals surface area contributed by atoms with Gasteiger partial charge in [0.2, 0.25) is 4.74 Å². The van der Waals surface area contributed by atoms with Gasteiger partial charge in [0, 0.05) is 17.2 Å². The molecule has 1 aromatic rings. The van der Waals surface area contributed by atoms with Gasteiger partial charge in [0.05, 0.1) is 0 Å². The average molecular weight is 157 g/mol. The molecule has 0 amide bonds. The van der Waals surface area contributed by atoms with E-state index in [-0.39, 0.29) is 10.2 Å². The Kier molecular flexibility index (Phi) is 1.68. The van der Waals surface area contributed by atoms with Crippen molar-refractivity contribution >= 4 is 11.5 Å². The molecule has 0 aliphatic heterocycles. The quantitative estimate of drug-likeness (QED) is 0.611. The Morgan fingerprint density at radius 3 is 2.30 bits per heavy atom. The van der Waals surface area contributed by atoms with Crippen molar-refractivity contribution in [1.29, 1.82) is 0 Å². The molecule has 0 unspecified atom stereocenters. The molecular weight excluding hydrogens is 146 g/mol. The minimum Gasteiger partial charge on any atom is -0.311 e. The van der Waals surface area contributed by atoms with Gasteiger partial charge in [-0.3, -0.25) is 4.79 Å². The highest BCUT2D eigenvalue weighted by Crippen LogP contribution is 2.18. The molecule has 0 saturated heterocycles. The van der Waals surface area contributed by atoms with E-state index in [1.807, 2.05) is 0 Å². The zero-order valence-electron chi connectivity index (χ0n) is 6.39. The highest BCUT2D eigenvalue weighted by atomic mass is 32.1. The molecule has 0 saturated carbocycles. The van der Waals surface area contributed by atoms with Crippen LogP contribution in [0.5, 0.6) is 0 Å². The minimum absolute atomic E-state index is 0.0686. The van der Waals surface area contributed by atoms with E-state index in [0.29, 0.717) is 0 Å². The number of H-pyrrole nitrogens is 1. The molecule has 1 N–H and O–H groups in total. The number of aromatic nitrogens is 1. The van der Waals surface area contributed by atoms with Crippen molar-refractivity contribution in [2.24, 2.45) is 0 Å². The Morgan fingerprint density at radius 2 is 2.10 bits per heavy atom. The summed E-state index contributed by atoms with van der Waals surface area (Å²) in [5.74, 6) is 0. The van der Waals surface area contributed by atoms with Crippen molar-refractivity contribution in [3.05, 3.63) is 21.3 Å². The Labute approximate surface area is 64.1 Å². The second-order valence-electron chi connectivity index (χ2n) is 3.33. The standard InChI is InChI=1S/C7H11NOS/c1-7(2,3)5-4-6(9)10-8-5/h4,8H,1-3H3. The van der Waals surface area contributed by atoms with Crippen molar-refractivity contribution in [2.75, 3.05) is 0 Å². The van der Waals surface area contributed by atoms with Gasteiger partial charge in [-0.05, 0) is 11.5 Å². The molecule has 0 atom stereocenters. The minimum atomic E-state index is 0.0686. The average Bonchev–Trinajstić information content (AvgIpc) is 2.11. The van der Waals surface area contributed by atoms with Crippen molar-refractivity contribution in [2.45, 2.75) is 26.2 Å². The predicted octanol–water partition coefficient (Wildman–Crippen LogP) is 1.73. The third-order valence-electron chi connectivity index (χ3n) is 1.33. The summed E-state index contributed by atoms with van der Waals surface area (Å²) in [6.07, 6.45) is 0. The number of nitrogens with one attached hydrogen (secondary N) is 1. The second kappa shape index (κ2) is 2.23. The fraction of sp³-hybridized carbons (Fsp3) is 0.571. The topological polar surface area (TPSA) is 32.9 Å². The zero-order valence-corrected chi connectivity index (χ0v) is 7.21. The lowest BCUT2D eigenvalue weighted by atomic mass is 9.93. The van der Waals surface area contributed by atoms with Crippen LogP contribution in [0.4, 0.5) is 0 Å². The van der Waals surface area contributed by atoms with Crippen LogP contribution in [-0.2, 0) is 5.41 Å². The first-order chi connectivity index (χ1) is 4.50. The fourth-order valence-electron chi connectivity index (χ4n) is 0.652. The van der Waals surface area contributed by atoms with E-state index in [1.54, 1.807) is 6.07 Å². The zero-order chi connectivity index (χ0) is 7.78. The van der Waals surface area contributed by atoms with Gasteiger partial charge in [0.1, 0.15) is 0 Å². The highest BCUT2D eigenvalue weighted by molar-refractivity contribution is 7.03. The molecule has 0 aromatic carbocycles. The maximum absolute atomic E-state index is 10.7. The molecule has 1 aromatic heterocycles. The van der Waals surface area contributed by atoms with Crippen LogP contribution in [0.2, 0.25) is 0 Å². The molecule has 0 aliphatic carbocycles. The summed E-state index contributed by atoms with van der Waals surface area (Å²) in [5, 5.41) is 0.